The molecule has 0 aliphatic heterocycles. The van der Waals surface area contributed by atoms with Crippen molar-refractivity contribution in [1.82, 2.24) is 19.6 Å². The molecular weight excluding hydrogens is 314 g/mol. The van der Waals surface area contributed by atoms with Gasteiger partial charge in [0.25, 0.3) is 5.69 Å². The van der Waals surface area contributed by atoms with Gasteiger partial charge in [0.2, 0.25) is 0 Å². The number of non-ortho nitro benzene ring substituents is 1. The maximum Gasteiger partial charge on any atom is 0.358 e. The first-order chi connectivity index (χ1) is 11.6. The Labute approximate surface area is 136 Å². The van der Waals surface area contributed by atoms with Crippen LogP contribution in [0.3, 0.4) is 0 Å². The van der Waals surface area contributed by atoms with E-state index in [0.717, 1.165) is 0 Å². The molecule has 0 N–H and O–H groups in total. The maximum absolute atomic E-state index is 12.0. The maximum atomic E-state index is 12.0. The number of esters is 1. The molecule has 0 radical (unpaired) electrons. The molecule has 3 rings (SSSR count). The summed E-state index contributed by atoms with van der Waals surface area (Å²) in [7, 11) is 0. The van der Waals surface area contributed by atoms with Crippen molar-refractivity contribution in [3.05, 3.63) is 70.8 Å². The highest BCUT2D eigenvalue weighted by molar-refractivity contribution is 5.87. The Balaban J connectivity index is 1.65. The van der Waals surface area contributed by atoms with Crippen LogP contribution >= 0.6 is 0 Å². The Hall–Kier alpha value is -3.49. The van der Waals surface area contributed by atoms with Crippen molar-refractivity contribution < 1.29 is 14.5 Å². The van der Waals surface area contributed by atoms with Crippen LogP contribution in [0.15, 0.2) is 55.0 Å². The number of carbonyl (C=O) groups excluding carboxylic acids is 1. The number of benzene rings is 1. The molecule has 2 aromatic heterocycles. The molecule has 0 bridgehead atoms. The smallest absolute Gasteiger partial charge is 0.358 e. The first kappa shape index (κ1) is 15.4. The number of hydrogen-bond donors (Lipinski definition) is 0. The number of rotatable bonds is 6. The van der Waals surface area contributed by atoms with Crippen molar-refractivity contribution in [2.75, 3.05) is 6.61 Å². The van der Waals surface area contributed by atoms with Gasteiger partial charge in [0.1, 0.15) is 6.61 Å². The molecule has 0 aliphatic carbocycles. The molecule has 0 saturated carbocycles. The molecule has 9 nitrogen and oxygen atoms in total. The fraction of sp³-hybridized carbons (Fsp3) is 0.133. The lowest BCUT2D eigenvalue weighted by Crippen LogP contribution is -2.12. The predicted octanol–water partition coefficient (Wildman–Crippen LogP) is 1.83. The predicted molar refractivity (Wildman–Crippen MR) is 82.7 cm³/mol. The monoisotopic (exact) mass is 327 g/mol. The first-order valence-corrected chi connectivity index (χ1v) is 7.08. The molecule has 0 aliphatic rings. The highest BCUT2D eigenvalue weighted by atomic mass is 16.6. The highest BCUT2D eigenvalue weighted by Gasteiger charge is 2.13. The van der Waals surface area contributed by atoms with E-state index in [2.05, 4.69) is 10.2 Å². The summed E-state index contributed by atoms with van der Waals surface area (Å²) in [6.07, 6.45) is 4.95. The summed E-state index contributed by atoms with van der Waals surface area (Å²) in [5.41, 5.74) is 0.563. The lowest BCUT2D eigenvalue weighted by molar-refractivity contribution is -0.384. The van der Waals surface area contributed by atoms with E-state index in [1.165, 1.54) is 22.9 Å². The number of carbonyl (C=O) groups is 1. The van der Waals surface area contributed by atoms with Crippen LogP contribution in [0.5, 0.6) is 0 Å². The van der Waals surface area contributed by atoms with Crippen LogP contribution in [-0.4, -0.2) is 37.1 Å². The number of nitro groups is 1. The molecule has 0 atom stereocenters. The minimum absolute atomic E-state index is 0.0497. The van der Waals surface area contributed by atoms with Crippen LogP contribution in [0.25, 0.3) is 5.69 Å². The second-order valence-corrected chi connectivity index (χ2v) is 4.83. The van der Waals surface area contributed by atoms with Crippen molar-refractivity contribution in [3.63, 3.8) is 0 Å². The van der Waals surface area contributed by atoms with E-state index < -0.39 is 10.9 Å². The number of aromatic nitrogens is 4. The Kier molecular flexibility index (Phi) is 4.32. The minimum Gasteiger partial charge on any atom is -0.459 e. The molecule has 122 valence electrons. The van der Waals surface area contributed by atoms with Crippen LogP contribution in [-0.2, 0) is 11.3 Å². The minimum atomic E-state index is -0.564. The lowest BCUT2D eigenvalue weighted by Gasteiger charge is -2.03. The molecule has 0 spiro atoms. The molecule has 2 heterocycles. The average Bonchev–Trinajstić information content (AvgIpc) is 3.26. The van der Waals surface area contributed by atoms with E-state index in [-0.39, 0.29) is 18.0 Å². The van der Waals surface area contributed by atoms with Crippen molar-refractivity contribution >= 4 is 11.7 Å². The van der Waals surface area contributed by atoms with Gasteiger partial charge in [0.15, 0.2) is 5.69 Å². The van der Waals surface area contributed by atoms with Crippen molar-refractivity contribution in [3.8, 4) is 5.69 Å². The van der Waals surface area contributed by atoms with Crippen LogP contribution in [0, 0.1) is 10.1 Å². The number of nitrogens with zero attached hydrogens (tertiary/aromatic N) is 5. The second-order valence-electron chi connectivity index (χ2n) is 4.83. The summed E-state index contributed by atoms with van der Waals surface area (Å²) in [6, 6.07) is 9.25. The SMILES string of the molecule is O=C(OCCn1cccn1)c1ccn(-c2cccc([N+](=O)[O-])c2)n1. The molecule has 9 heteroatoms. The molecule has 0 unspecified atom stereocenters. The Bertz CT molecular complexity index is 856. The third-order valence-electron chi connectivity index (χ3n) is 3.22. The van der Waals surface area contributed by atoms with Gasteiger partial charge in [-0.2, -0.15) is 10.2 Å². The summed E-state index contributed by atoms with van der Waals surface area (Å²) in [5.74, 6) is -0.564. The molecule has 0 amide bonds. The number of ether oxygens (including phenoxy) is 1. The molecule has 24 heavy (non-hydrogen) atoms. The van der Waals surface area contributed by atoms with E-state index in [0.29, 0.717) is 12.2 Å². The van der Waals surface area contributed by atoms with Gasteiger partial charge in [-0.25, -0.2) is 9.48 Å². The molecule has 1 aromatic carbocycles. The average molecular weight is 327 g/mol. The van der Waals surface area contributed by atoms with E-state index in [4.69, 9.17) is 4.74 Å². The topological polar surface area (TPSA) is 105 Å². The summed E-state index contributed by atoms with van der Waals surface area (Å²) in [5, 5.41) is 18.9. The van der Waals surface area contributed by atoms with Gasteiger partial charge in [-0.1, -0.05) is 6.07 Å². The van der Waals surface area contributed by atoms with Gasteiger partial charge in [-0.3, -0.25) is 14.8 Å². The van der Waals surface area contributed by atoms with E-state index >= 15 is 0 Å². The number of nitro benzene ring substituents is 1. The van der Waals surface area contributed by atoms with E-state index in [1.807, 2.05) is 0 Å². The first-order valence-electron chi connectivity index (χ1n) is 7.08. The Morgan fingerprint density at radius 1 is 1.25 bits per heavy atom. The third kappa shape index (κ3) is 3.46. The third-order valence-corrected chi connectivity index (χ3v) is 3.22. The van der Waals surface area contributed by atoms with Crippen LogP contribution in [0.1, 0.15) is 10.5 Å². The van der Waals surface area contributed by atoms with Crippen LogP contribution < -0.4 is 0 Å². The van der Waals surface area contributed by atoms with E-state index in [1.54, 1.807) is 41.5 Å². The Morgan fingerprint density at radius 3 is 2.88 bits per heavy atom. The van der Waals surface area contributed by atoms with Gasteiger partial charge >= 0.3 is 5.97 Å². The normalized spacial score (nSPS) is 10.5. The van der Waals surface area contributed by atoms with Gasteiger partial charge in [0.05, 0.1) is 17.2 Å². The molecule has 0 fully saturated rings. The quantitative estimate of drug-likeness (QED) is 0.388. The standard InChI is InChI=1S/C15H13N5O4/c21-15(24-10-9-18-7-2-6-16-18)14-5-8-19(17-14)12-3-1-4-13(11-12)20(22)23/h1-8,11H,9-10H2. The summed E-state index contributed by atoms with van der Waals surface area (Å²) >= 11 is 0. The fourth-order valence-corrected chi connectivity index (χ4v) is 2.06. The summed E-state index contributed by atoms with van der Waals surface area (Å²) in [4.78, 5) is 22.3. The van der Waals surface area contributed by atoms with Crippen molar-refractivity contribution in [2.45, 2.75) is 6.54 Å². The van der Waals surface area contributed by atoms with E-state index in [9.17, 15) is 14.9 Å². The Morgan fingerprint density at radius 2 is 2.12 bits per heavy atom. The van der Waals surface area contributed by atoms with Gasteiger partial charge < -0.3 is 4.74 Å². The van der Waals surface area contributed by atoms with Crippen molar-refractivity contribution in [2.24, 2.45) is 0 Å². The van der Waals surface area contributed by atoms with Gasteiger partial charge in [-0.05, 0) is 18.2 Å². The second kappa shape index (κ2) is 6.73. The number of hydrogen-bond acceptors (Lipinski definition) is 6. The zero-order chi connectivity index (χ0) is 16.9. The molecule has 3 aromatic rings. The van der Waals surface area contributed by atoms with Gasteiger partial charge in [-0.15, -0.1) is 0 Å². The summed E-state index contributed by atoms with van der Waals surface area (Å²) in [6.45, 7) is 0.620. The molecule has 0 saturated heterocycles. The van der Waals surface area contributed by atoms with Crippen LogP contribution in [0.2, 0.25) is 0 Å². The van der Waals surface area contributed by atoms with Crippen LogP contribution in [0.4, 0.5) is 5.69 Å². The largest absolute Gasteiger partial charge is 0.459 e. The molecular formula is C15H13N5O4. The zero-order valence-corrected chi connectivity index (χ0v) is 12.5. The van der Waals surface area contributed by atoms with Crippen molar-refractivity contribution in [1.29, 1.82) is 0 Å². The lowest BCUT2D eigenvalue weighted by atomic mass is 10.3. The highest BCUT2D eigenvalue weighted by Crippen LogP contribution is 2.16. The van der Waals surface area contributed by atoms with Gasteiger partial charge in [0, 0.05) is 30.7 Å². The summed E-state index contributed by atoms with van der Waals surface area (Å²) < 4.78 is 8.16. The fourth-order valence-electron chi connectivity index (χ4n) is 2.06. The zero-order valence-electron chi connectivity index (χ0n) is 12.5.